The molecule has 21 heavy (non-hydrogen) atoms. The standard InChI is InChI=1S/C18H23ClN2/c1-13-4-6-15(7-5-13)12-21(3)18(11-20)17-9-8-16(19)10-14(17)2/h4-10,18H,11-12,20H2,1-3H3. The summed E-state index contributed by atoms with van der Waals surface area (Å²) >= 11 is 6.04. The Labute approximate surface area is 132 Å². The molecule has 0 radical (unpaired) electrons. The molecule has 0 saturated heterocycles. The van der Waals surface area contributed by atoms with Crippen LogP contribution in [0.2, 0.25) is 5.02 Å². The van der Waals surface area contributed by atoms with Crippen LogP contribution in [0.25, 0.3) is 0 Å². The van der Waals surface area contributed by atoms with Crippen LogP contribution in [0, 0.1) is 13.8 Å². The maximum atomic E-state index is 6.04. The minimum Gasteiger partial charge on any atom is -0.329 e. The van der Waals surface area contributed by atoms with E-state index in [0.29, 0.717) is 6.54 Å². The van der Waals surface area contributed by atoms with Crippen LogP contribution in [0.3, 0.4) is 0 Å². The van der Waals surface area contributed by atoms with Gasteiger partial charge in [0.25, 0.3) is 0 Å². The molecule has 2 aromatic carbocycles. The first kappa shape index (κ1) is 16.0. The van der Waals surface area contributed by atoms with E-state index in [9.17, 15) is 0 Å². The molecule has 0 fully saturated rings. The third-order valence-corrected chi connectivity index (χ3v) is 4.13. The zero-order valence-corrected chi connectivity index (χ0v) is 13.7. The van der Waals surface area contributed by atoms with E-state index in [-0.39, 0.29) is 6.04 Å². The molecule has 0 aliphatic rings. The zero-order chi connectivity index (χ0) is 15.4. The minimum absolute atomic E-state index is 0.198. The number of benzene rings is 2. The number of hydrogen-bond acceptors (Lipinski definition) is 2. The topological polar surface area (TPSA) is 29.3 Å². The van der Waals surface area contributed by atoms with Crippen molar-refractivity contribution in [2.75, 3.05) is 13.6 Å². The van der Waals surface area contributed by atoms with Crippen molar-refractivity contribution in [1.29, 1.82) is 0 Å². The lowest BCUT2D eigenvalue weighted by molar-refractivity contribution is 0.241. The van der Waals surface area contributed by atoms with E-state index in [1.165, 1.54) is 22.3 Å². The summed E-state index contributed by atoms with van der Waals surface area (Å²) in [6, 6.07) is 14.9. The number of hydrogen-bond donors (Lipinski definition) is 1. The molecule has 3 heteroatoms. The zero-order valence-electron chi connectivity index (χ0n) is 12.9. The van der Waals surface area contributed by atoms with E-state index < -0.39 is 0 Å². The van der Waals surface area contributed by atoms with Crippen LogP contribution in [-0.2, 0) is 6.54 Å². The molecule has 1 unspecified atom stereocenters. The summed E-state index contributed by atoms with van der Waals surface area (Å²) in [7, 11) is 2.12. The van der Waals surface area contributed by atoms with E-state index in [4.69, 9.17) is 17.3 Å². The van der Waals surface area contributed by atoms with E-state index in [0.717, 1.165) is 11.6 Å². The quantitative estimate of drug-likeness (QED) is 0.901. The summed E-state index contributed by atoms with van der Waals surface area (Å²) in [4.78, 5) is 2.29. The fourth-order valence-corrected chi connectivity index (χ4v) is 2.88. The highest BCUT2D eigenvalue weighted by atomic mass is 35.5. The van der Waals surface area contributed by atoms with Crippen LogP contribution < -0.4 is 5.73 Å². The normalized spacial score (nSPS) is 12.7. The number of aryl methyl sites for hydroxylation is 2. The Hall–Kier alpha value is -1.35. The molecule has 0 amide bonds. The molecule has 2 rings (SSSR count). The van der Waals surface area contributed by atoms with Crippen LogP contribution in [0.15, 0.2) is 42.5 Å². The van der Waals surface area contributed by atoms with Crippen LogP contribution in [-0.4, -0.2) is 18.5 Å². The van der Waals surface area contributed by atoms with Crippen molar-refractivity contribution < 1.29 is 0 Å². The average Bonchev–Trinajstić information content (AvgIpc) is 2.44. The second kappa shape index (κ2) is 7.08. The highest BCUT2D eigenvalue weighted by molar-refractivity contribution is 6.30. The highest BCUT2D eigenvalue weighted by Gasteiger charge is 2.17. The minimum atomic E-state index is 0.198. The van der Waals surface area contributed by atoms with Gasteiger partial charge in [0.05, 0.1) is 0 Å². The monoisotopic (exact) mass is 302 g/mol. The van der Waals surface area contributed by atoms with Crippen LogP contribution in [0.4, 0.5) is 0 Å². The Morgan fingerprint density at radius 3 is 2.33 bits per heavy atom. The van der Waals surface area contributed by atoms with Crippen molar-refractivity contribution in [1.82, 2.24) is 4.90 Å². The van der Waals surface area contributed by atoms with E-state index in [1.807, 2.05) is 12.1 Å². The second-order valence-corrected chi connectivity index (χ2v) is 6.09. The van der Waals surface area contributed by atoms with Gasteiger partial charge in [0.15, 0.2) is 0 Å². The summed E-state index contributed by atoms with van der Waals surface area (Å²) < 4.78 is 0. The number of halogens is 1. The first-order chi connectivity index (χ1) is 10.0. The maximum absolute atomic E-state index is 6.04. The van der Waals surface area contributed by atoms with Gasteiger partial charge in [-0.25, -0.2) is 0 Å². The summed E-state index contributed by atoms with van der Waals surface area (Å²) in [6.45, 7) is 5.66. The van der Waals surface area contributed by atoms with Gasteiger partial charge < -0.3 is 5.73 Å². The summed E-state index contributed by atoms with van der Waals surface area (Å²) in [5, 5.41) is 0.771. The van der Waals surface area contributed by atoms with Gasteiger partial charge in [0.1, 0.15) is 0 Å². The van der Waals surface area contributed by atoms with Gasteiger partial charge in [0.2, 0.25) is 0 Å². The van der Waals surface area contributed by atoms with Gasteiger partial charge in [-0.05, 0) is 49.7 Å². The lowest BCUT2D eigenvalue weighted by Crippen LogP contribution is -2.30. The first-order valence-electron chi connectivity index (χ1n) is 7.23. The van der Waals surface area contributed by atoms with Crippen molar-refractivity contribution in [3.8, 4) is 0 Å². The van der Waals surface area contributed by atoms with Crippen LogP contribution in [0.5, 0.6) is 0 Å². The largest absolute Gasteiger partial charge is 0.329 e. The molecular formula is C18H23ClN2. The third-order valence-electron chi connectivity index (χ3n) is 3.90. The Morgan fingerprint density at radius 2 is 1.76 bits per heavy atom. The summed E-state index contributed by atoms with van der Waals surface area (Å²) in [6.07, 6.45) is 0. The number of nitrogens with two attached hydrogens (primary N) is 1. The molecule has 0 saturated carbocycles. The van der Waals surface area contributed by atoms with Crippen LogP contribution in [0.1, 0.15) is 28.3 Å². The van der Waals surface area contributed by atoms with E-state index in [2.05, 4.69) is 56.1 Å². The molecule has 0 aliphatic carbocycles. The smallest absolute Gasteiger partial charge is 0.0473 e. The molecule has 2 N–H and O–H groups in total. The van der Waals surface area contributed by atoms with Gasteiger partial charge in [0, 0.05) is 24.2 Å². The Kier molecular flexibility index (Phi) is 5.40. The molecule has 2 nitrogen and oxygen atoms in total. The molecule has 0 aliphatic heterocycles. The first-order valence-corrected chi connectivity index (χ1v) is 7.61. The van der Waals surface area contributed by atoms with E-state index in [1.54, 1.807) is 0 Å². The van der Waals surface area contributed by atoms with Crippen molar-refractivity contribution in [3.05, 3.63) is 69.7 Å². The van der Waals surface area contributed by atoms with Crippen molar-refractivity contribution in [2.24, 2.45) is 5.73 Å². The molecular weight excluding hydrogens is 280 g/mol. The molecule has 0 bridgehead atoms. The lowest BCUT2D eigenvalue weighted by atomic mass is 9.99. The fourth-order valence-electron chi connectivity index (χ4n) is 2.65. The van der Waals surface area contributed by atoms with Gasteiger partial charge in [-0.2, -0.15) is 0 Å². The third kappa shape index (κ3) is 4.07. The molecule has 0 spiro atoms. The average molecular weight is 303 g/mol. The summed E-state index contributed by atoms with van der Waals surface area (Å²) in [5.41, 5.74) is 11.0. The highest BCUT2D eigenvalue weighted by Crippen LogP contribution is 2.25. The predicted molar refractivity (Wildman–Crippen MR) is 90.6 cm³/mol. The molecule has 112 valence electrons. The van der Waals surface area contributed by atoms with Gasteiger partial charge in [-0.1, -0.05) is 47.5 Å². The van der Waals surface area contributed by atoms with Gasteiger partial charge in [-0.15, -0.1) is 0 Å². The van der Waals surface area contributed by atoms with Crippen molar-refractivity contribution >= 4 is 11.6 Å². The van der Waals surface area contributed by atoms with Gasteiger partial charge in [-0.3, -0.25) is 4.90 Å². The molecule has 1 atom stereocenters. The number of likely N-dealkylation sites (N-methyl/N-ethyl adjacent to an activating group) is 1. The Morgan fingerprint density at radius 1 is 1.10 bits per heavy atom. The molecule has 2 aromatic rings. The lowest BCUT2D eigenvalue weighted by Gasteiger charge is -2.28. The van der Waals surface area contributed by atoms with Crippen LogP contribution >= 0.6 is 11.6 Å². The van der Waals surface area contributed by atoms with Crippen molar-refractivity contribution in [2.45, 2.75) is 26.4 Å². The molecule has 0 heterocycles. The second-order valence-electron chi connectivity index (χ2n) is 5.65. The Bertz CT molecular complexity index is 593. The Balaban J connectivity index is 2.18. The molecule has 0 aromatic heterocycles. The maximum Gasteiger partial charge on any atom is 0.0473 e. The SMILES string of the molecule is Cc1ccc(CN(C)C(CN)c2ccc(Cl)cc2C)cc1. The summed E-state index contributed by atoms with van der Waals surface area (Å²) in [5.74, 6) is 0. The number of rotatable bonds is 5. The van der Waals surface area contributed by atoms with Gasteiger partial charge >= 0.3 is 0 Å². The van der Waals surface area contributed by atoms with E-state index >= 15 is 0 Å². The fraction of sp³-hybridized carbons (Fsp3) is 0.333. The predicted octanol–water partition coefficient (Wildman–Crippen LogP) is 4.09. The van der Waals surface area contributed by atoms with Crippen molar-refractivity contribution in [3.63, 3.8) is 0 Å². The number of nitrogens with zero attached hydrogens (tertiary/aromatic N) is 1.